The highest BCUT2D eigenvalue weighted by molar-refractivity contribution is 5.62. The fraction of sp³-hybridized carbons (Fsp3) is 0.0833. The van der Waals surface area contributed by atoms with E-state index in [0.717, 1.165) is 17.0 Å². The first kappa shape index (κ1) is 16.2. The van der Waals surface area contributed by atoms with Gasteiger partial charge in [0.05, 0.1) is 16.8 Å². The zero-order chi connectivity index (χ0) is 17.8. The average Bonchev–Trinajstić information content (AvgIpc) is 2.75. The van der Waals surface area contributed by atoms with Gasteiger partial charge in [-0.15, -0.1) is 0 Å². The number of nitrogens with zero attached hydrogens (tertiary/aromatic N) is 2. The van der Waals surface area contributed by atoms with Crippen LogP contribution >= 0.6 is 0 Å². The van der Waals surface area contributed by atoms with Crippen molar-refractivity contribution in [3.63, 3.8) is 0 Å². The first-order valence-electron chi connectivity index (χ1n) is 8.77. The number of hydrogen-bond donors (Lipinski definition) is 0. The molecule has 126 valence electrons. The van der Waals surface area contributed by atoms with Gasteiger partial charge in [-0.25, -0.2) is 0 Å². The van der Waals surface area contributed by atoms with Crippen LogP contribution in [-0.4, -0.2) is 9.97 Å². The number of aromatic nitrogens is 2. The Balaban J connectivity index is 1.91. The predicted molar refractivity (Wildman–Crippen MR) is 106 cm³/mol. The predicted octanol–water partition coefficient (Wildman–Crippen LogP) is 5.50. The van der Waals surface area contributed by atoms with Gasteiger partial charge in [-0.1, -0.05) is 60.7 Å². The van der Waals surface area contributed by atoms with E-state index >= 15 is 0 Å². The summed E-state index contributed by atoms with van der Waals surface area (Å²) in [4.78, 5) is 9.19. The lowest BCUT2D eigenvalue weighted by Crippen LogP contribution is -2.26. The quantitative estimate of drug-likeness (QED) is 0.492. The van der Waals surface area contributed by atoms with Crippen molar-refractivity contribution in [3.8, 4) is 11.3 Å². The van der Waals surface area contributed by atoms with E-state index < -0.39 is 0 Å². The van der Waals surface area contributed by atoms with Crippen LogP contribution in [0.2, 0.25) is 0 Å². The smallest absolute Gasteiger partial charge is 0.0702 e. The average molecular weight is 336 g/mol. The Hall–Kier alpha value is -3.26. The van der Waals surface area contributed by atoms with Crippen LogP contribution in [0.3, 0.4) is 0 Å². The molecule has 0 aliphatic heterocycles. The molecule has 0 spiro atoms. The molecule has 4 aromatic rings. The lowest BCUT2D eigenvalue weighted by atomic mass is 9.73. The van der Waals surface area contributed by atoms with E-state index in [-0.39, 0.29) is 5.41 Å². The van der Waals surface area contributed by atoms with Crippen LogP contribution in [0.25, 0.3) is 11.3 Å². The fourth-order valence-corrected chi connectivity index (χ4v) is 3.42. The van der Waals surface area contributed by atoms with Crippen molar-refractivity contribution >= 4 is 0 Å². The van der Waals surface area contributed by atoms with Crippen molar-refractivity contribution in [3.05, 3.63) is 120 Å². The molecule has 0 bridgehead atoms. The highest BCUT2D eigenvalue weighted by atomic mass is 14.7. The molecule has 0 aliphatic carbocycles. The molecule has 2 heteroatoms. The second-order valence-electron chi connectivity index (χ2n) is 6.50. The van der Waals surface area contributed by atoms with E-state index in [1.54, 1.807) is 0 Å². The molecule has 0 N–H and O–H groups in total. The summed E-state index contributed by atoms with van der Waals surface area (Å²) in [6, 6.07) is 31.3. The van der Waals surface area contributed by atoms with E-state index in [9.17, 15) is 0 Å². The third kappa shape index (κ3) is 2.91. The van der Waals surface area contributed by atoms with Gasteiger partial charge < -0.3 is 0 Å². The molecule has 4 rings (SSSR count). The van der Waals surface area contributed by atoms with Crippen LogP contribution in [0, 0.1) is 0 Å². The Morgan fingerprint density at radius 3 is 2.00 bits per heavy atom. The van der Waals surface area contributed by atoms with Crippen LogP contribution < -0.4 is 0 Å². The third-order valence-corrected chi connectivity index (χ3v) is 4.93. The monoisotopic (exact) mass is 336 g/mol. The number of hydrogen-bond acceptors (Lipinski definition) is 2. The Kier molecular flexibility index (Phi) is 4.32. The van der Waals surface area contributed by atoms with Crippen molar-refractivity contribution < 1.29 is 0 Å². The van der Waals surface area contributed by atoms with Crippen LogP contribution in [0.15, 0.2) is 103 Å². The van der Waals surface area contributed by atoms with Gasteiger partial charge in [0.15, 0.2) is 0 Å². The van der Waals surface area contributed by atoms with E-state index in [0.29, 0.717) is 0 Å². The third-order valence-electron chi connectivity index (χ3n) is 4.93. The lowest BCUT2D eigenvalue weighted by Gasteiger charge is -2.31. The summed E-state index contributed by atoms with van der Waals surface area (Å²) in [7, 11) is 0. The summed E-state index contributed by atoms with van der Waals surface area (Å²) in [5, 5.41) is 0. The number of rotatable bonds is 4. The van der Waals surface area contributed by atoms with E-state index in [4.69, 9.17) is 4.98 Å². The standard InChI is InChI=1S/C24H20N2/c1-24(20-11-3-2-4-12-20,23-15-6-8-17-26-23)21-13-9-10-19(18-21)22-14-5-7-16-25-22/h2-18H,1H3. The Bertz CT molecular complexity index is 941. The summed E-state index contributed by atoms with van der Waals surface area (Å²) in [5.41, 5.74) is 5.20. The molecular formula is C24H20N2. The van der Waals surface area contributed by atoms with E-state index in [1.807, 2.05) is 48.8 Å². The minimum Gasteiger partial charge on any atom is -0.260 e. The normalized spacial score (nSPS) is 13.1. The summed E-state index contributed by atoms with van der Waals surface area (Å²) in [6.07, 6.45) is 3.69. The highest BCUT2D eigenvalue weighted by Gasteiger charge is 2.32. The molecule has 2 nitrogen and oxygen atoms in total. The molecular weight excluding hydrogens is 316 g/mol. The zero-order valence-electron chi connectivity index (χ0n) is 14.7. The first-order valence-corrected chi connectivity index (χ1v) is 8.77. The van der Waals surface area contributed by atoms with Crippen molar-refractivity contribution in [1.82, 2.24) is 9.97 Å². The molecule has 0 aliphatic rings. The van der Waals surface area contributed by atoms with Crippen molar-refractivity contribution in [2.45, 2.75) is 12.3 Å². The highest BCUT2D eigenvalue weighted by Crippen LogP contribution is 2.38. The fourth-order valence-electron chi connectivity index (χ4n) is 3.42. The summed E-state index contributed by atoms with van der Waals surface area (Å²) < 4.78 is 0. The topological polar surface area (TPSA) is 25.8 Å². The molecule has 0 amide bonds. The van der Waals surface area contributed by atoms with Gasteiger partial charge in [0.2, 0.25) is 0 Å². The van der Waals surface area contributed by atoms with Crippen molar-refractivity contribution in [2.24, 2.45) is 0 Å². The van der Waals surface area contributed by atoms with E-state index in [1.165, 1.54) is 11.1 Å². The van der Waals surface area contributed by atoms with Gasteiger partial charge in [0, 0.05) is 18.0 Å². The molecule has 0 radical (unpaired) electrons. The summed E-state index contributed by atoms with van der Waals surface area (Å²) in [5.74, 6) is 0. The molecule has 1 atom stereocenters. The number of benzene rings is 2. The van der Waals surface area contributed by atoms with Gasteiger partial charge in [-0.05, 0) is 48.4 Å². The lowest BCUT2D eigenvalue weighted by molar-refractivity contribution is 0.665. The van der Waals surface area contributed by atoms with Gasteiger partial charge in [-0.3, -0.25) is 9.97 Å². The van der Waals surface area contributed by atoms with E-state index in [2.05, 4.69) is 66.5 Å². The van der Waals surface area contributed by atoms with Crippen LogP contribution in [0.5, 0.6) is 0 Å². The Morgan fingerprint density at radius 1 is 0.615 bits per heavy atom. The molecule has 0 saturated heterocycles. The molecule has 0 saturated carbocycles. The van der Waals surface area contributed by atoms with Crippen LogP contribution in [0.4, 0.5) is 0 Å². The molecule has 26 heavy (non-hydrogen) atoms. The summed E-state index contributed by atoms with van der Waals surface area (Å²) in [6.45, 7) is 2.24. The Morgan fingerprint density at radius 2 is 1.31 bits per heavy atom. The second kappa shape index (κ2) is 6.93. The molecule has 2 heterocycles. The van der Waals surface area contributed by atoms with Crippen LogP contribution in [-0.2, 0) is 5.41 Å². The molecule has 2 aromatic heterocycles. The van der Waals surface area contributed by atoms with Gasteiger partial charge >= 0.3 is 0 Å². The molecule has 2 aromatic carbocycles. The first-order chi connectivity index (χ1) is 12.8. The maximum absolute atomic E-state index is 4.69. The maximum atomic E-state index is 4.69. The van der Waals surface area contributed by atoms with Crippen molar-refractivity contribution in [2.75, 3.05) is 0 Å². The van der Waals surface area contributed by atoms with Gasteiger partial charge in [0.25, 0.3) is 0 Å². The second-order valence-corrected chi connectivity index (χ2v) is 6.50. The zero-order valence-corrected chi connectivity index (χ0v) is 14.7. The van der Waals surface area contributed by atoms with Crippen molar-refractivity contribution in [1.29, 1.82) is 0 Å². The van der Waals surface area contributed by atoms with Crippen LogP contribution in [0.1, 0.15) is 23.7 Å². The molecule has 0 fully saturated rings. The number of pyridine rings is 2. The minimum absolute atomic E-state index is 0.340. The maximum Gasteiger partial charge on any atom is 0.0702 e. The summed E-state index contributed by atoms with van der Waals surface area (Å²) >= 11 is 0. The Labute approximate surface area is 154 Å². The molecule has 1 unspecified atom stereocenters. The largest absolute Gasteiger partial charge is 0.260 e. The SMILES string of the molecule is CC(c1ccccc1)(c1cccc(-c2ccccn2)c1)c1ccccn1. The van der Waals surface area contributed by atoms with Gasteiger partial charge in [0.1, 0.15) is 0 Å². The van der Waals surface area contributed by atoms with Gasteiger partial charge in [-0.2, -0.15) is 0 Å². The minimum atomic E-state index is -0.340.